The molecule has 1 amide bonds. The Balaban J connectivity index is 2.84. The second kappa shape index (κ2) is 4.48. The van der Waals surface area contributed by atoms with Gasteiger partial charge in [0, 0.05) is 13.0 Å². The maximum atomic E-state index is 11.4. The van der Waals surface area contributed by atoms with Crippen LogP contribution >= 0.6 is 0 Å². The number of aliphatic hydroxyl groups excluding tert-OH is 1. The van der Waals surface area contributed by atoms with E-state index in [-0.39, 0.29) is 13.0 Å². The Morgan fingerprint density at radius 1 is 1.44 bits per heavy atom. The van der Waals surface area contributed by atoms with Gasteiger partial charge in [-0.1, -0.05) is 0 Å². The van der Waals surface area contributed by atoms with E-state index >= 15 is 0 Å². The van der Waals surface area contributed by atoms with Crippen LogP contribution in [0.3, 0.4) is 0 Å². The van der Waals surface area contributed by atoms with Crippen molar-refractivity contribution in [3.05, 3.63) is 0 Å². The van der Waals surface area contributed by atoms with Crippen LogP contribution in [0.25, 0.3) is 0 Å². The number of carbonyl (C=O) groups excluding carboxylic acids is 1. The van der Waals surface area contributed by atoms with E-state index in [1.54, 1.807) is 0 Å². The monoisotopic (exact) mass is 231 g/mol. The number of carboxylic acids is 2. The molecular formula is C9H13NO6. The molecule has 1 heterocycles. The Kier molecular flexibility index (Phi) is 3.48. The lowest BCUT2D eigenvalue weighted by Gasteiger charge is -2.26. The number of aliphatic carboxylic acids is 2. The van der Waals surface area contributed by atoms with Gasteiger partial charge in [0.15, 0.2) is 6.04 Å². The highest BCUT2D eigenvalue weighted by Gasteiger charge is 2.42. The molecule has 1 saturated heterocycles. The van der Waals surface area contributed by atoms with Gasteiger partial charge in [-0.3, -0.25) is 9.59 Å². The summed E-state index contributed by atoms with van der Waals surface area (Å²) >= 11 is 0. The Bertz CT molecular complexity index is 326. The summed E-state index contributed by atoms with van der Waals surface area (Å²) in [6.45, 7) is 1.08. The van der Waals surface area contributed by atoms with Crippen molar-refractivity contribution in [2.24, 2.45) is 5.92 Å². The SMILES string of the molecule is CC(O)C(C(=O)O)N1CC(C(=O)O)CC1=O. The Morgan fingerprint density at radius 3 is 2.31 bits per heavy atom. The molecule has 1 fully saturated rings. The lowest BCUT2D eigenvalue weighted by Crippen LogP contribution is -2.48. The van der Waals surface area contributed by atoms with Gasteiger partial charge < -0.3 is 20.2 Å². The standard InChI is InChI=1S/C9H13NO6/c1-4(11)7(9(15)16)10-3-5(8(13)14)2-6(10)12/h4-5,7,11H,2-3H2,1H3,(H,13,14)(H,15,16). The van der Waals surface area contributed by atoms with Gasteiger partial charge in [0.25, 0.3) is 0 Å². The highest BCUT2D eigenvalue weighted by molar-refractivity contribution is 5.89. The molecule has 0 radical (unpaired) electrons. The smallest absolute Gasteiger partial charge is 0.329 e. The molecule has 0 aromatic carbocycles. The van der Waals surface area contributed by atoms with E-state index < -0.39 is 35.9 Å². The third kappa shape index (κ3) is 2.30. The van der Waals surface area contributed by atoms with Gasteiger partial charge in [0.05, 0.1) is 12.0 Å². The lowest BCUT2D eigenvalue weighted by atomic mass is 10.1. The molecule has 90 valence electrons. The fourth-order valence-electron chi connectivity index (χ4n) is 1.77. The van der Waals surface area contributed by atoms with Crippen molar-refractivity contribution in [1.29, 1.82) is 0 Å². The minimum Gasteiger partial charge on any atom is -0.481 e. The average Bonchev–Trinajstić information content (AvgIpc) is 2.47. The van der Waals surface area contributed by atoms with Gasteiger partial charge in [-0.15, -0.1) is 0 Å². The molecule has 0 aliphatic carbocycles. The van der Waals surface area contributed by atoms with E-state index in [2.05, 4.69) is 0 Å². The van der Waals surface area contributed by atoms with E-state index in [1.165, 1.54) is 6.92 Å². The molecule has 3 unspecified atom stereocenters. The highest BCUT2D eigenvalue weighted by Crippen LogP contribution is 2.21. The number of amides is 1. The summed E-state index contributed by atoms with van der Waals surface area (Å²) in [5.41, 5.74) is 0. The first-order valence-corrected chi connectivity index (χ1v) is 4.77. The number of carbonyl (C=O) groups is 3. The zero-order valence-corrected chi connectivity index (χ0v) is 8.66. The number of rotatable bonds is 4. The van der Waals surface area contributed by atoms with E-state index in [9.17, 15) is 19.5 Å². The van der Waals surface area contributed by atoms with Gasteiger partial charge in [-0.2, -0.15) is 0 Å². The molecule has 0 bridgehead atoms. The van der Waals surface area contributed by atoms with Gasteiger partial charge in [0.1, 0.15) is 0 Å². The number of carboxylic acid groups (broad SMARTS) is 2. The van der Waals surface area contributed by atoms with Crippen molar-refractivity contribution in [3.8, 4) is 0 Å². The fraction of sp³-hybridized carbons (Fsp3) is 0.667. The molecule has 7 nitrogen and oxygen atoms in total. The van der Waals surface area contributed by atoms with Crippen LogP contribution in [0.4, 0.5) is 0 Å². The Hall–Kier alpha value is -1.63. The van der Waals surface area contributed by atoms with Gasteiger partial charge in [-0.05, 0) is 6.92 Å². The average molecular weight is 231 g/mol. The van der Waals surface area contributed by atoms with Crippen LogP contribution in [-0.4, -0.2) is 56.8 Å². The maximum Gasteiger partial charge on any atom is 0.329 e. The van der Waals surface area contributed by atoms with Crippen molar-refractivity contribution in [2.75, 3.05) is 6.54 Å². The van der Waals surface area contributed by atoms with E-state index in [4.69, 9.17) is 10.2 Å². The van der Waals surface area contributed by atoms with Crippen molar-refractivity contribution >= 4 is 17.8 Å². The topological polar surface area (TPSA) is 115 Å². The van der Waals surface area contributed by atoms with E-state index in [0.29, 0.717) is 0 Å². The summed E-state index contributed by atoms with van der Waals surface area (Å²) in [6, 6.07) is -1.38. The summed E-state index contributed by atoms with van der Waals surface area (Å²) in [5, 5.41) is 26.8. The third-order valence-electron chi connectivity index (χ3n) is 2.55. The van der Waals surface area contributed by atoms with Crippen LogP contribution in [-0.2, 0) is 14.4 Å². The molecule has 0 aromatic rings. The van der Waals surface area contributed by atoms with Crippen molar-refractivity contribution in [2.45, 2.75) is 25.5 Å². The molecule has 0 saturated carbocycles. The highest BCUT2D eigenvalue weighted by atomic mass is 16.4. The summed E-state index contributed by atoms with van der Waals surface area (Å²) in [7, 11) is 0. The zero-order valence-electron chi connectivity index (χ0n) is 8.66. The number of aliphatic hydroxyl groups is 1. The summed E-state index contributed by atoms with van der Waals surface area (Å²) in [6.07, 6.45) is -1.46. The van der Waals surface area contributed by atoms with Crippen LogP contribution in [0.15, 0.2) is 0 Å². The van der Waals surface area contributed by atoms with Crippen LogP contribution < -0.4 is 0 Å². The van der Waals surface area contributed by atoms with E-state index in [0.717, 1.165) is 4.90 Å². The lowest BCUT2D eigenvalue weighted by molar-refractivity contribution is -0.153. The van der Waals surface area contributed by atoms with Crippen molar-refractivity contribution < 1.29 is 29.7 Å². The quantitative estimate of drug-likeness (QED) is 0.557. The van der Waals surface area contributed by atoms with Crippen LogP contribution in [0.5, 0.6) is 0 Å². The molecule has 1 aliphatic rings. The number of nitrogens with zero attached hydrogens (tertiary/aromatic N) is 1. The second-order valence-corrected chi connectivity index (χ2v) is 3.81. The zero-order chi connectivity index (χ0) is 12.5. The molecular weight excluding hydrogens is 218 g/mol. The summed E-state index contributed by atoms with van der Waals surface area (Å²) in [4.78, 5) is 33.9. The number of hydrogen-bond acceptors (Lipinski definition) is 4. The maximum absolute atomic E-state index is 11.4. The van der Waals surface area contributed by atoms with Gasteiger partial charge in [-0.25, -0.2) is 4.79 Å². The Morgan fingerprint density at radius 2 is 2.00 bits per heavy atom. The second-order valence-electron chi connectivity index (χ2n) is 3.81. The van der Waals surface area contributed by atoms with Crippen molar-refractivity contribution in [1.82, 2.24) is 4.90 Å². The molecule has 3 atom stereocenters. The predicted octanol–water partition coefficient (Wildman–Crippen LogP) is -1.25. The normalized spacial score (nSPS) is 24.2. The fourth-order valence-corrected chi connectivity index (χ4v) is 1.77. The largest absolute Gasteiger partial charge is 0.481 e. The molecule has 3 N–H and O–H groups in total. The van der Waals surface area contributed by atoms with Crippen LogP contribution in [0.1, 0.15) is 13.3 Å². The molecule has 0 spiro atoms. The molecule has 1 aliphatic heterocycles. The number of likely N-dealkylation sites (tertiary alicyclic amines) is 1. The van der Waals surface area contributed by atoms with Gasteiger partial charge >= 0.3 is 11.9 Å². The molecule has 7 heteroatoms. The minimum atomic E-state index is -1.38. The molecule has 0 aromatic heterocycles. The molecule has 16 heavy (non-hydrogen) atoms. The van der Waals surface area contributed by atoms with Gasteiger partial charge in [0.2, 0.25) is 5.91 Å². The van der Waals surface area contributed by atoms with Crippen molar-refractivity contribution in [3.63, 3.8) is 0 Å². The first kappa shape index (κ1) is 12.4. The summed E-state index contributed by atoms with van der Waals surface area (Å²) in [5.74, 6) is -3.92. The minimum absolute atomic E-state index is 0.171. The third-order valence-corrected chi connectivity index (χ3v) is 2.55. The Labute approximate surface area is 91.3 Å². The van der Waals surface area contributed by atoms with Crippen LogP contribution in [0, 0.1) is 5.92 Å². The van der Waals surface area contributed by atoms with E-state index in [1.807, 2.05) is 0 Å². The first-order valence-electron chi connectivity index (χ1n) is 4.77. The molecule has 1 rings (SSSR count). The number of hydrogen-bond donors (Lipinski definition) is 3. The summed E-state index contributed by atoms with van der Waals surface area (Å²) < 4.78 is 0. The predicted molar refractivity (Wildman–Crippen MR) is 50.6 cm³/mol. The van der Waals surface area contributed by atoms with Crippen LogP contribution in [0.2, 0.25) is 0 Å². The first-order chi connectivity index (χ1) is 7.34.